The number of benzene rings is 1. The number of ether oxygens (including phenoxy) is 1. The normalized spacial score (nSPS) is 10.4. The SMILES string of the molecule is OCc1cc(Br)cnc1OCCCc1ccccc1. The van der Waals surface area contributed by atoms with E-state index in [-0.39, 0.29) is 6.61 Å². The molecule has 0 bridgehead atoms. The molecule has 1 aromatic carbocycles. The summed E-state index contributed by atoms with van der Waals surface area (Å²) in [5.41, 5.74) is 2.01. The summed E-state index contributed by atoms with van der Waals surface area (Å²) in [5, 5.41) is 9.24. The van der Waals surface area contributed by atoms with E-state index in [1.807, 2.05) is 24.3 Å². The second kappa shape index (κ2) is 7.26. The number of rotatable bonds is 6. The van der Waals surface area contributed by atoms with E-state index in [0.29, 0.717) is 18.1 Å². The monoisotopic (exact) mass is 321 g/mol. The van der Waals surface area contributed by atoms with Gasteiger partial charge < -0.3 is 9.84 Å². The van der Waals surface area contributed by atoms with Gasteiger partial charge in [-0.1, -0.05) is 30.3 Å². The number of hydrogen-bond acceptors (Lipinski definition) is 3. The molecule has 0 saturated carbocycles. The Morgan fingerprint density at radius 1 is 1.21 bits per heavy atom. The maximum Gasteiger partial charge on any atom is 0.218 e. The Morgan fingerprint density at radius 2 is 2.00 bits per heavy atom. The number of aliphatic hydroxyl groups excluding tert-OH is 1. The van der Waals surface area contributed by atoms with E-state index in [1.54, 1.807) is 6.20 Å². The lowest BCUT2D eigenvalue weighted by Crippen LogP contribution is -2.03. The number of aryl methyl sites for hydroxylation is 1. The van der Waals surface area contributed by atoms with Crippen molar-refractivity contribution >= 4 is 15.9 Å². The lowest BCUT2D eigenvalue weighted by Gasteiger charge is -2.09. The molecule has 0 saturated heterocycles. The summed E-state index contributed by atoms with van der Waals surface area (Å²) in [5.74, 6) is 0.513. The molecule has 100 valence electrons. The molecule has 1 aromatic heterocycles. The average Bonchev–Trinajstić information content (AvgIpc) is 2.46. The third kappa shape index (κ3) is 4.33. The van der Waals surface area contributed by atoms with Gasteiger partial charge in [0.2, 0.25) is 5.88 Å². The highest BCUT2D eigenvalue weighted by Crippen LogP contribution is 2.20. The zero-order valence-corrected chi connectivity index (χ0v) is 12.1. The van der Waals surface area contributed by atoms with Gasteiger partial charge in [-0.3, -0.25) is 0 Å². The summed E-state index contributed by atoms with van der Waals surface area (Å²) in [6, 6.07) is 12.1. The molecule has 2 rings (SSSR count). The Hall–Kier alpha value is -1.39. The number of halogens is 1. The third-order valence-electron chi connectivity index (χ3n) is 2.75. The minimum absolute atomic E-state index is 0.0690. The van der Waals surface area contributed by atoms with Gasteiger partial charge >= 0.3 is 0 Å². The molecule has 0 atom stereocenters. The smallest absolute Gasteiger partial charge is 0.218 e. The number of aromatic nitrogens is 1. The lowest BCUT2D eigenvalue weighted by atomic mass is 10.1. The van der Waals surface area contributed by atoms with Crippen LogP contribution >= 0.6 is 15.9 Å². The molecule has 4 heteroatoms. The number of pyridine rings is 1. The maximum atomic E-state index is 9.24. The van der Waals surface area contributed by atoms with Crippen LogP contribution in [0.15, 0.2) is 47.1 Å². The van der Waals surface area contributed by atoms with E-state index in [1.165, 1.54) is 5.56 Å². The fourth-order valence-electron chi connectivity index (χ4n) is 1.80. The van der Waals surface area contributed by atoms with Crippen molar-refractivity contribution < 1.29 is 9.84 Å². The van der Waals surface area contributed by atoms with Gasteiger partial charge in [0.05, 0.1) is 13.2 Å². The predicted octanol–water partition coefficient (Wildman–Crippen LogP) is 3.35. The molecule has 0 aliphatic heterocycles. The Bertz CT molecular complexity index is 517. The number of hydrogen-bond donors (Lipinski definition) is 1. The van der Waals surface area contributed by atoms with E-state index >= 15 is 0 Å². The molecular weight excluding hydrogens is 306 g/mol. The van der Waals surface area contributed by atoms with Crippen LogP contribution < -0.4 is 4.74 Å². The molecule has 0 radical (unpaired) electrons. The first-order chi connectivity index (χ1) is 9.29. The van der Waals surface area contributed by atoms with Crippen LogP contribution in [0.25, 0.3) is 0 Å². The minimum atomic E-state index is -0.0690. The molecule has 0 fully saturated rings. The summed E-state index contributed by atoms with van der Waals surface area (Å²) in [4.78, 5) is 4.16. The van der Waals surface area contributed by atoms with Crippen LogP contribution in [0.4, 0.5) is 0 Å². The van der Waals surface area contributed by atoms with Gasteiger partial charge in [0.1, 0.15) is 0 Å². The summed E-state index contributed by atoms with van der Waals surface area (Å²) in [6.45, 7) is 0.525. The van der Waals surface area contributed by atoms with Crippen molar-refractivity contribution in [1.82, 2.24) is 4.98 Å². The number of aliphatic hydroxyl groups is 1. The van der Waals surface area contributed by atoms with Gasteiger partial charge in [-0.15, -0.1) is 0 Å². The van der Waals surface area contributed by atoms with E-state index in [0.717, 1.165) is 17.3 Å². The lowest BCUT2D eigenvalue weighted by molar-refractivity contribution is 0.255. The van der Waals surface area contributed by atoms with Crippen LogP contribution in [0.1, 0.15) is 17.5 Å². The van der Waals surface area contributed by atoms with Crippen LogP contribution in [0.2, 0.25) is 0 Å². The zero-order valence-electron chi connectivity index (χ0n) is 10.6. The molecule has 2 aromatic rings. The summed E-state index contributed by atoms with van der Waals surface area (Å²) >= 11 is 3.32. The van der Waals surface area contributed by atoms with Gasteiger partial charge in [-0.05, 0) is 40.4 Å². The topological polar surface area (TPSA) is 42.4 Å². The average molecular weight is 322 g/mol. The van der Waals surface area contributed by atoms with Crippen LogP contribution in [0.5, 0.6) is 5.88 Å². The third-order valence-corrected chi connectivity index (χ3v) is 3.19. The molecule has 0 amide bonds. The van der Waals surface area contributed by atoms with Gasteiger partial charge in [-0.2, -0.15) is 0 Å². The molecule has 3 nitrogen and oxygen atoms in total. The van der Waals surface area contributed by atoms with Gasteiger partial charge in [0, 0.05) is 16.2 Å². The largest absolute Gasteiger partial charge is 0.477 e. The summed E-state index contributed by atoms with van der Waals surface area (Å²) < 4.78 is 6.45. The fourth-order valence-corrected chi connectivity index (χ4v) is 2.18. The van der Waals surface area contributed by atoms with Crippen LogP contribution in [0.3, 0.4) is 0 Å². The minimum Gasteiger partial charge on any atom is -0.477 e. The Kier molecular flexibility index (Phi) is 5.36. The fraction of sp³-hybridized carbons (Fsp3) is 0.267. The van der Waals surface area contributed by atoms with Crippen molar-refractivity contribution in [3.05, 3.63) is 58.2 Å². The first-order valence-corrected chi connectivity index (χ1v) is 7.01. The molecule has 0 aliphatic carbocycles. The number of nitrogens with zero attached hydrogens (tertiary/aromatic N) is 1. The van der Waals surface area contributed by atoms with Crippen molar-refractivity contribution in [3.63, 3.8) is 0 Å². The van der Waals surface area contributed by atoms with E-state index in [9.17, 15) is 5.11 Å². The van der Waals surface area contributed by atoms with E-state index in [2.05, 4.69) is 33.0 Å². The van der Waals surface area contributed by atoms with E-state index < -0.39 is 0 Å². The van der Waals surface area contributed by atoms with Gasteiger partial charge in [0.15, 0.2) is 0 Å². The summed E-state index contributed by atoms with van der Waals surface area (Å²) in [6.07, 6.45) is 3.57. The molecule has 1 heterocycles. The summed E-state index contributed by atoms with van der Waals surface area (Å²) in [7, 11) is 0. The van der Waals surface area contributed by atoms with Crippen LogP contribution in [-0.4, -0.2) is 16.7 Å². The van der Waals surface area contributed by atoms with Crippen molar-refractivity contribution in [2.75, 3.05) is 6.61 Å². The van der Waals surface area contributed by atoms with Gasteiger partial charge in [0.25, 0.3) is 0 Å². The van der Waals surface area contributed by atoms with Gasteiger partial charge in [-0.25, -0.2) is 4.98 Å². The Labute approximate surface area is 121 Å². The molecule has 0 unspecified atom stereocenters. The molecule has 1 N–H and O–H groups in total. The van der Waals surface area contributed by atoms with Crippen molar-refractivity contribution in [3.8, 4) is 5.88 Å². The molecule has 0 aliphatic rings. The standard InChI is InChI=1S/C15H16BrNO2/c16-14-9-13(11-18)15(17-10-14)19-8-4-7-12-5-2-1-3-6-12/h1-3,5-6,9-10,18H,4,7-8,11H2. The molecule has 19 heavy (non-hydrogen) atoms. The second-order valence-electron chi connectivity index (χ2n) is 4.21. The molecular formula is C15H16BrNO2. The van der Waals surface area contributed by atoms with Crippen LogP contribution in [0, 0.1) is 0 Å². The van der Waals surface area contributed by atoms with E-state index in [4.69, 9.17) is 4.74 Å². The first-order valence-electron chi connectivity index (χ1n) is 6.21. The molecule has 0 spiro atoms. The Morgan fingerprint density at radius 3 is 2.74 bits per heavy atom. The Balaban J connectivity index is 1.83. The second-order valence-corrected chi connectivity index (χ2v) is 5.13. The van der Waals surface area contributed by atoms with Crippen molar-refractivity contribution in [2.24, 2.45) is 0 Å². The highest BCUT2D eigenvalue weighted by molar-refractivity contribution is 9.10. The highest BCUT2D eigenvalue weighted by atomic mass is 79.9. The van der Waals surface area contributed by atoms with Crippen LogP contribution in [-0.2, 0) is 13.0 Å². The first kappa shape index (κ1) is 14.0. The highest BCUT2D eigenvalue weighted by Gasteiger charge is 2.05. The van der Waals surface area contributed by atoms with Crippen molar-refractivity contribution in [1.29, 1.82) is 0 Å². The maximum absolute atomic E-state index is 9.24. The quantitative estimate of drug-likeness (QED) is 0.830. The van der Waals surface area contributed by atoms with Crippen molar-refractivity contribution in [2.45, 2.75) is 19.4 Å². The zero-order chi connectivity index (χ0) is 13.5. The predicted molar refractivity (Wildman–Crippen MR) is 78.1 cm³/mol.